The second-order valence-corrected chi connectivity index (χ2v) is 9.69. The summed E-state index contributed by atoms with van der Waals surface area (Å²) in [6, 6.07) is 0. The molecule has 18 heteroatoms. The summed E-state index contributed by atoms with van der Waals surface area (Å²) in [5.74, 6) is -5.78. The summed E-state index contributed by atoms with van der Waals surface area (Å²) in [7, 11) is 0. The Labute approximate surface area is 251 Å². The lowest BCUT2D eigenvalue weighted by atomic mass is 10.0. The third kappa shape index (κ3) is 10.7. The third-order valence-corrected chi connectivity index (χ3v) is 5.88. The molecule has 1 N–H and O–H groups in total. The summed E-state index contributed by atoms with van der Waals surface area (Å²) in [4.78, 5) is 82.7. The van der Waals surface area contributed by atoms with Gasteiger partial charge in [0.2, 0.25) is 0 Å². The van der Waals surface area contributed by atoms with Crippen molar-refractivity contribution in [1.29, 1.82) is 0 Å². The summed E-state index contributed by atoms with van der Waals surface area (Å²) >= 11 is 0. The largest absolute Gasteiger partial charge is 0.462 e. The van der Waals surface area contributed by atoms with Crippen molar-refractivity contribution in [2.75, 3.05) is 13.2 Å². The standard InChI is InChI=1S/C26H36O18/c1-10(27)35-8-17(37-11(2)28)20-22(40-14(5)31)24(42-16(7)33)26(44-20)36-9-18(38-12(3)29)19-21(39-13(4)30)23(25(34)43-19)41-15(6)32/h17-26,34H,8-9H2,1-7H3/t17-,18-,19+,20+,21+,22+,23-,24-,25-,26-/m1/s1. The average molecular weight is 637 g/mol. The minimum atomic E-state index is -1.80. The predicted molar refractivity (Wildman–Crippen MR) is 135 cm³/mol. The molecule has 18 nitrogen and oxygen atoms in total. The molecule has 0 aliphatic carbocycles. The van der Waals surface area contributed by atoms with E-state index in [9.17, 15) is 38.7 Å². The first kappa shape index (κ1) is 36.3. The van der Waals surface area contributed by atoms with Crippen LogP contribution in [0.3, 0.4) is 0 Å². The molecule has 2 saturated heterocycles. The summed E-state index contributed by atoms with van der Waals surface area (Å²) in [5, 5.41) is 10.4. The van der Waals surface area contributed by atoms with Crippen LogP contribution in [0.1, 0.15) is 48.5 Å². The highest BCUT2D eigenvalue weighted by atomic mass is 16.8. The lowest BCUT2D eigenvalue weighted by Gasteiger charge is -2.29. The maximum absolute atomic E-state index is 12.0. The summed E-state index contributed by atoms with van der Waals surface area (Å²) < 4.78 is 53.5. The van der Waals surface area contributed by atoms with Gasteiger partial charge < -0.3 is 52.5 Å². The Balaban J connectivity index is 2.43. The van der Waals surface area contributed by atoms with Crippen molar-refractivity contribution in [1.82, 2.24) is 0 Å². The molecule has 248 valence electrons. The van der Waals surface area contributed by atoms with E-state index < -0.39 is 116 Å². The van der Waals surface area contributed by atoms with Crippen LogP contribution in [0.2, 0.25) is 0 Å². The molecule has 2 heterocycles. The number of hydrogen-bond donors (Lipinski definition) is 1. The van der Waals surface area contributed by atoms with Crippen LogP contribution in [0, 0.1) is 0 Å². The smallest absolute Gasteiger partial charge is 0.303 e. The molecule has 0 radical (unpaired) electrons. The number of carbonyl (C=O) groups is 7. The van der Waals surface area contributed by atoms with E-state index in [0.717, 1.165) is 48.5 Å². The van der Waals surface area contributed by atoms with Gasteiger partial charge in [0.1, 0.15) is 18.8 Å². The van der Waals surface area contributed by atoms with E-state index >= 15 is 0 Å². The normalized spacial score (nSPS) is 29.0. The molecule has 0 unspecified atom stereocenters. The average Bonchev–Trinajstić information content (AvgIpc) is 3.34. The van der Waals surface area contributed by atoms with Gasteiger partial charge in [-0.1, -0.05) is 0 Å². The Hall–Kier alpha value is -3.87. The highest BCUT2D eigenvalue weighted by Gasteiger charge is 2.56. The van der Waals surface area contributed by atoms with Crippen LogP contribution in [0.25, 0.3) is 0 Å². The molecular formula is C26H36O18. The highest BCUT2D eigenvalue weighted by Crippen LogP contribution is 2.33. The second-order valence-electron chi connectivity index (χ2n) is 9.69. The topological polar surface area (TPSA) is 232 Å². The first-order valence-corrected chi connectivity index (χ1v) is 13.3. The Morgan fingerprint density at radius 3 is 1.41 bits per heavy atom. The fourth-order valence-corrected chi connectivity index (χ4v) is 4.54. The molecule has 2 aliphatic rings. The van der Waals surface area contributed by atoms with E-state index in [2.05, 4.69) is 0 Å². The Kier molecular flexibility index (Phi) is 13.4. The number of esters is 7. The van der Waals surface area contributed by atoms with Crippen molar-refractivity contribution in [2.45, 2.75) is 110 Å². The van der Waals surface area contributed by atoms with Gasteiger partial charge in [0, 0.05) is 48.5 Å². The number of aliphatic hydroxyl groups excluding tert-OH is 1. The Morgan fingerprint density at radius 2 is 0.955 bits per heavy atom. The first-order chi connectivity index (χ1) is 20.5. The molecule has 0 aromatic heterocycles. The molecule has 0 spiro atoms. The molecule has 0 bridgehead atoms. The van der Waals surface area contributed by atoms with Gasteiger partial charge in [-0.2, -0.15) is 0 Å². The van der Waals surface area contributed by atoms with E-state index in [0.29, 0.717) is 0 Å². The van der Waals surface area contributed by atoms with Gasteiger partial charge in [-0.25, -0.2) is 0 Å². The monoisotopic (exact) mass is 636 g/mol. The number of carbonyl (C=O) groups excluding carboxylic acids is 7. The van der Waals surface area contributed by atoms with Gasteiger partial charge in [0.15, 0.2) is 49.2 Å². The molecule has 0 saturated carbocycles. The van der Waals surface area contributed by atoms with Crippen molar-refractivity contribution >= 4 is 41.8 Å². The van der Waals surface area contributed by atoms with E-state index in [4.69, 9.17) is 47.4 Å². The maximum Gasteiger partial charge on any atom is 0.303 e. The van der Waals surface area contributed by atoms with Crippen LogP contribution in [0.4, 0.5) is 0 Å². The number of aliphatic hydroxyl groups is 1. The van der Waals surface area contributed by atoms with Gasteiger partial charge in [-0.05, 0) is 0 Å². The minimum Gasteiger partial charge on any atom is -0.462 e. The first-order valence-electron chi connectivity index (χ1n) is 13.3. The van der Waals surface area contributed by atoms with E-state index in [-0.39, 0.29) is 0 Å². The zero-order chi connectivity index (χ0) is 33.3. The second kappa shape index (κ2) is 16.3. The minimum absolute atomic E-state index is 0.539. The van der Waals surface area contributed by atoms with Gasteiger partial charge >= 0.3 is 41.8 Å². The maximum atomic E-state index is 12.0. The van der Waals surface area contributed by atoms with Gasteiger partial charge in [-0.3, -0.25) is 33.6 Å². The number of hydrogen-bond acceptors (Lipinski definition) is 18. The fraction of sp³-hybridized carbons (Fsp3) is 0.731. The molecule has 44 heavy (non-hydrogen) atoms. The summed E-state index contributed by atoms with van der Waals surface area (Å²) in [6.07, 6.45) is -15.0. The molecule has 2 aliphatic heterocycles. The number of rotatable bonds is 13. The lowest BCUT2D eigenvalue weighted by Crippen LogP contribution is -2.48. The Bertz CT molecular complexity index is 1090. The summed E-state index contributed by atoms with van der Waals surface area (Å²) in [5.41, 5.74) is 0. The lowest BCUT2D eigenvalue weighted by molar-refractivity contribution is -0.221. The van der Waals surface area contributed by atoms with Crippen LogP contribution in [0.15, 0.2) is 0 Å². The molecular weight excluding hydrogens is 600 g/mol. The van der Waals surface area contributed by atoms with Crippen molar-refractivity contribution in [3.05, 3.63) is 0 Å². The predicted octanol–water partition coefficient (Wildman–Crippen LogP) is -1.40. The van der Waals surface area contributed by atoms with E-state index in [1.165, 1.54) is 0 Å². The molecule has 2 fully saturated rings. The van der Waals surface area contributed by atoms with Gasteiger partial charge in [0.05, 0.1) is 6.61 Å². The van der Waals surface area contributed by atoms with Crippen LogP contribution < -0.4 is 0 Å². The van der Waals surface area contributed by atoms with E-state index in [1.807, 2.05) is 0 Å². The SMILES string of the molecule is CC(=O)OC[C@@H](OC(C)=O)[C@@H]1O[C@@H](OC[C@@H](OC(C)=O)[C@@H]2O[C@@H](O)[C@H](OC(C)=O)[C@H]2OC(C)=O)[C@H](OC(C)=O)[C@H]1OC(C)=O. The zero-order valence-electron chi connectivity index (χ0n) is 25.1. The van der Waals surface area contributed by atoms with Crippen molar-refractivity contribution in [2.24, 2.45) is 0 Å². The highest BCUT2D eigenvalue weighted by molar-refractivity contribution is 5.69. The number of ether oxygens (including phenoxy) is 10. The molecule has 2 rings (SSSR count). The van der Waals surface area contributed by atoms with Crippen LogP contribution in [0.5, 0.6) is 0 Å². The van der Waals surface area contributed by atoms with Crippen molar-refractivity contribution in [3.8, 4) is 0 Å². The van der Waals surface area contributed by atoms with E-state index in [1.54, 1.807) is 0 Å². The third-order valence-electron chi connectivity index (χ3n) is 5.88. The zero-order valence-corrected chi connectivity index (χ0v) is 25.1. The molecule has 0 aromatic carbocycles. The molecule has 0 aromatic rings. The van der Waals surface area contributed by atoms with Crippen molar-refractivity contribution in [3.63, 3.8) is 0 Å². The summed E-state index contributed by atoms with van der Waals surface area (Å²) in [6.45, 7) is 6.22. The molecule has 10 atom stereocenters. The van der Waals surface area contributed by atoms with Crippen LogP contribution in [-0.2, 0) is 80.9 Å². The van der Waals surface area contributed by atoms with Gasteiger partial charge in [-0.15, -0.1) is 0 Å². The van der Waals surface area contributed by atoms with Crippen molar-refractivity contribution < 1.29 is 86.0 Å². The quantitative estimate of drug-likeness (QED) is 0.181. The van der Waals surface area contributed by atoms with Gasteiger partial charge in [0.25, 0.3) is 0 Å². The fourth-order valence-electron chi connectivity index (χ4n) is 4.54. The van der Waals surface area contributed by atoms with Crippen LogP contribution >= 0.6 is 0 Å². The Morgan fingerprint density at radius 1 is 0.545 bits per heavy atom. The van der Waals surface area contributed by atoms with Crippen LogP contribution in [-0.4, -0.2) is 122 Å². The molecule has 0 amide bonds.